The number of aromatic nitrogens is 2. The van der Waals surface area contributed by atoms with Gasteiger partial charge in [0.1, 0.15) is 6.54 Å². The smallest absolute Gasteiger partial charge is 0.255 e. The first-order valence-corrected chi connectivity index (χ1v) is 7.18. The molecule has 0 aliphatic rings. The summed E-state index contributed by atoms with van der Waals surface area (Å²) in [5.74, 6) is -0.213. The van der Waals surface area contributed by atoms with Crippen LogP contribution in [0.2, 0.25) is 0 Å². The Bertz CT molecular complexity index is 720. The highest BCUT2D eigenvalue weighted by Gasteiger charge is 2.09. The molecular weight excluding hydrogens is 280 g/mol. The van der Waals surface area contributed by atoms with Gasteiger partial charge in [0.25, 0.3) is 5.56 Å². The van der Waals surface area contributed by atoms with Crippen molar-refractivity contribution in [1.82, 2.24) is 14.9 Å². The largest absolute Gasteiger partial charge is 0.369 e. The molecule has 0 atom stereocenters. The van der Waals surface area contributed by atoms with Crippen molar-refractivity contribution in [1.29, 1.82) is 0 Å². The number of aryl methyl sites for hydroxylation is 2. The molecule has 0 aliphatic carbocycles. The van der Waals surface area contributed by atoms with Crippen molar-refractivity contribution in [2.24, 2.45) is 0 Å². The average molecular weight is 300 g/mol. The number of nitrogens with two attached hydrogens (primary N) is 1. The number of amides is 1. The molecule has 0 radical (unpaired) electrons. The molecule has 2 rings (SSSR count). The van der Waals surface area contributed by atoms with E-state index in [1.54, 1.807) is 0 Å². The van der Waals surface area contributed by atoms with Crippen molar-refractivity contribution in [3.8, 4) is 0 Å². The van der Waals surface area contributed by atoms with E-state index in [4.69, 9.17) is 5.73 Å². The zero-order valence-corrected chi connectivity index (χ0v) is 12.8. The fraction of sp³-hybridized carbons (Fsp3) is 0.312. The van der Waals surface area contributed by atoms with E-state index in [1.807, 2.05) is 38.1 Å². The molecule has 1 aromatic heterocycles. The summed E-state index contributed by atoms with van der Waals surface area (Å²) in [5, 5.41) is 2.77. The Morgan fingerprint density at radius 1 is 1.32 bits per heavy atom. The Hall–Kier alpha value is -2.63. The maximum atomic E-state index is 12.0. The molecule has 6 heteroatoms. The normalized spacial score (nSPS) is 10.5. The van der Waals surface area contributed by atoms with Gasteiger partial charge in [0.15, 0.2) is 0 Å². The fourth-order valence-electron chi connectivity index (χ4n) is 2.02. The van der Waals surface area contributed by atoms with Crippen molar-refractivity contribution in [2.45, 2.75) is 33.4 Å². The van der Waals surface area contributed by atoms with Gasteiger partial charge < -0.3 is 11.1 Å². The number of hydrogen-bond donors (Lipinski definition) is 2. The third kappa shape index (κ3) is 3.94. The van der Waals surface area contributed by atoms with E-state index >= 15 is 0 Å². The van der Waals surface area contributed by atoms with Gasteiger partial charge in [-0.1, -0.05) is 36.8 Å². The van der Waals surface area contributed by atoms with E-state index in [0.29, 0.717) is 18.7 Å². The number of carbonyl (C=O) groups is 1. The number of carbonyl (C=O) groups excluding carboxylic acids is 1. The second kappa shape index (κ2) is 6.89. The minimum absolute atomic E-state index is 0.0647. The summed E-state index contributed by atoms with van der Waals surface area (Å²) >= 11 is 0. The van der Waals surface area contributed by atoms with Crippen LogP contribution in [0.15, 0.2) is 35.1 Å². The van der Waals surface area contributed by atoms with E-state index in [1.165, 1.54) is 10.6 Å². The third-order valence-electron chi connectivity index (χ3n) is 3.37. The van der Waals surface area contributed by atoms with Gasteiger partial charge in [0, 0.05) is 18.3 Å². The molecule has 0 spiro atoms. The molecule has 116 valence electrons. The Kier molecular flexibility index (Phi) is 4.93. The highest BCUT2D eigenvalue weighted by Crippen LogP contribution is 2.03. The molecule has 6 nitrogen and oxygen atoms in total. The lowest BCUT2D eigenvalue weighted by molar-refractivity contribution is -0.121. The Balaban J connectivity index is 2.00. The summed E-state index contributed by atoms with van der Waals surface area (Å²) in [6.45, 7) is 4.17. The van der Waals surface area contributed by atoms with Crippen molar-refractivity contribution < 1.29 is 4.79 Å². The molecule has 1 aromatic carbocycles. The topological polar surface area (TPSA) is 90.0 Å². The predicted molar refractivity (Wildman–Crippen MR) is 85.3 cm³/mol. The van der Waals surface area contributed by atoms with Gasteiger partial charge in [-0.25, -0.2) is 4.98 Å². The molecule has 0 unspecified atom stereocenters. The molecule has 0 aliphatic heterocycles. The number of anilines is 1. The van der Waals surface area contributed by atoms with Gasteiger partial charge in [0.05, 0.1) is 0 Å². The van der Waals surface area contributed by atoms with Crippen molar-refractivity contribution in [3.63, 3.8) is 0 Å². The molecule has 0 saturated carbocycles. The number of nitrogens with zero attached hydrogens (tertiary/aromatic N) is 2. The van der Waals surface area contributed by atoms with Gasteiger partial charge in [0.2, 0.25) is 11.9 Å². The SMILES string of the molecule is CCc1cc(=O)n(CC(=O)NCc2ccc(C)cc2)c(N)n1. The van der Waals surface area contributed by atoms with Crippen LogP contribution in [0.1, 0.15) is 23.7 Å². The van der Waals surface area contributed by atoms with Crippen LogP contribution in [0.4, 0.5) is 5.95 Å². The molecule has 1 heterocycles. The van der Waals surface area contributed by atoms with Crippen LogP contribution >= 0.6 is 0 Å². The number of rotatable bonds is 5. The zero-order chi connectivity index (χ0) is 16.1. The monoisotopic (exact) mass is 300 g/mol. The first-order chi connectivity index (χ1) is 10.5. The van der Waals surface area contributed by atoms with Crippen LogP contribution in [0, 0.1) is 6.92 Å². The van der Waals surface area contributed by atoms with Crippen LogP contribution in [0.3, 0.4) is 0 Å². The summed E-state index contributed by atoms with van der Waals surface area (Å²) in [5.41, 5.74) is 8.22. The molecule has 0 bridgehead atoms. The lowest BCUT2D eigenvalue weighted by atomic mass is 10.1. The molecule has 0 fully saturated rings. The Labute approximate surface area is 129 Å². The van der Waals surface area contributed by atoms with Gasteiger partial charge in [-0.3, -0.25) is 14.2 Å². The van der Waals surface area contributed by atoms with Crippen LogP contribution in [-0.2, 0) is 24.3 Å². The number of nitrogens with one attached hydrogen (secondary N) is 1. The Morgan fingerprint density at radius 2 is 2.00 bits per heavy atom. The first kappa shape index (κ1) is 15.8. The standard InChI is InChI=1S/C16H20N4O2/c1-3-13-8-15(22)20(16(17)19-13)10-14(21)18-9-12-6-4-11(2)5-7-12/h4-8H,3,9-10H2,1-2H3,(H2,17,19)(H,18,21). The van der Waals surface area contributed by atoms with E-state index < -0.39 is 0 Å². The summed E-state index contributed by atoms with van der Waals surface area (Å²) < 4.78 is 1.17. The molecule has 2 aromatic rings. The molecular formula is C16H20N4O2. The predicted octanol–water partition coefficient (Wildman–Crippen LogP) is 1.01. The summed E-state index contributed by atoms with van der Waals surface area (Å²) in [4.78, 5) is 28.0. The van der Waals surface area contributed by atoms with Crippen molar-refractivity contribution >= 4 is 11.9 Å². The van der Waals surface area contributed by atoms with E-state index in [2.05, 4.69) is 10.3 Å². The number of hydrogen-bond acceptors (Lipinski definition) is 4. The van der Waals surface area contributed by atoms with Crippen LogP contribution < -0.4 is 16.6 Å². The zero-order valence-electron chi connectivity index (χ0n) is 12.8. The average Bonchev–Trinajstić information content (AvgIpc) is 2.50. The van der Waals surface area contributed by atoms with Crippen LogP contribution in [0.25, 0.3) is 0 Å². The second-order valence-corrected chi connectivity index (χ2v) is 5.15. The van der Waals surface area contributed by atoms with E-state index in [0.717, 1.165) is 11.1 Å². The highest BCUT2D eigenvalue weighted by atomic mass is 16.2. The fourth-order valence-corrected chi connectivity index (χ4v) is 2.02. The highest BCUT2D eigenvalue weighted by molar-refractivity contribution is 5.76. The quantitative estimate of drug-likeness (QED) is 0.862. The molecule has 0 saturated heterocycles. The third-order valence-corrected chi connectivity index (χ3v) is 3.37. The van der Waals surface area contributed by atoms with Gasteiger partial charge in [-0.2, -0.15) is 0 Å². The summed E-state index contributed by atoms with van der Waals surface area (Å²) in [6.07, 6.45) is 0.625. The van der Waals surface area contributed by atoms with E-state index in [-0.39, 0.29) is 24.0 Å². The number of benzene rings is 1. The van der Waals surface area contributed by atoms with Gasteiger partial charge in [-0.15, -0.1) is 0 Å². The number of nitrogen functional groups attached to an aromatic ring is 1. The minimum Gasteiger partial charge on any atom is -0.369 e. The lowest BCUT2D eigenvalue weighted by Crippen LogP contribution is -2.33. The van der Waals surface area contributed by atoms with E-state index in [9.17, 15) is 9.59 Å². The van der Waals surface area contributed by atoms with Crippen molar-refractivity contribution in [2.75, 3.05) is 5.73 Å². The second-order valence-electron chi connectivity index (χ2n) is 5.15. The lowest BCUT2D eigenvalue weighted by Gasteiger charge is -2.10. The van der Waals surface area contributed by atoms with Gasteiger partial charge >= 0.3 is 0 Å². The maximum Gasteiger partial charge on any atom is 0.255 e. The Morgan fingerprint density at radius 3 is 2.59 bits per heavy atom. The molecule has 1 amide bonds. The molecule has 22 heavy (non-hydrogen) atoms. The maximum absolute atomic E-state index is 12.0. The summed E-state index contributed by atoms with van der Waals surface area (Å²) in [6, 6.07) is 9.28. The van der Waals surface area contributed by atoms with Crippen LogP contribution in [0.5, 0.6) is 0 Å². The molecule has 3 N–H and O–H groups in total. The van der Waals surface area contributed by atoms with Crippen molar-refractivity contribution in [3.05, 3.63) is 57.5 Å². The van der Waals surface area contributed by atoms with Crippen LogP contribution in [-0.4, -0.2) is 15.5 Å². The minimum atomic E-state index is -0.310. The van der Waals surface area contributed by atoms with Gasteiger partial charge in [-0.05, 0) is 18.9 Å². The first-order valence-electron chi connectivity index (χ1n) is 7.18. The summed E-state index contributed by atoms with van der Waals surface area (Å²) in [7, 11) is 0.